The molecule has 4 nitrogen and oxygen atoms in total. The summed E-state index contributed by atoms with van der Waals surface area (Å²) < 4.78 is 28.2. The lowest BCUT2D eigenvalue weighted by molar-refractivity contribution is 0.181. The Balaban J connectivity index is 1.44. The van der Waals surface area contributed by atoms with E-state index in [1.54, 1.807) is 10.4 Å². The summed E-state index contributed by atoms with van der Waals surface area (Å²) in [6.45, 7) is 10.0. The lowest BCUT2D eigenvalue weighted by atomic mass is 9.87. The Morgan fingerprint density at radius 2 is 1.43 bits per heavy atom. The molecular weight excluding hydrogens is 392 g/mol. The number of fused-ring (bicyclic) bond motifs is 1. The highest BCUT2D eigenvalue weighted by Gasteiger charge is 2.29. The average Bonchev–Trinajstić information content (AvgIpc) is 2.73. The maximum Gasteiger partial charge on any atom is 0.243 e. The molecule has 0 spiro atoms. The fourth-order valence-corrected chi connectivity index (χ4v) is 5.69. The van der Waals surface area contributed by atoms with Crippen LogP contribution in [0.15, 0.2) is 71.6 Å². The quantitative estimate of drug-likeness (QED) is 0.615. The molecule has 0 N–H and O–H groups in total. The van der Waals surface area contributed by atoms with Crippen LogP contribution in [0.5, 0.6) is 0 Å². The first-order chi connectivity index (χ1) is 14.2. The Morgan fingerprint density at radius 1 is 0.800 bits per heavy atom. The van der Waals surface area contributed by atoms with Crippen molar-refractivity contribution in [3.63, 3.8) is 0 Å². The van der Waals surface area contributed by atoms with Crippen LogP contribution in [0.4, 0.5) is 0 Å². The standard InChI is InChI=1S/C25H30N2O2S/c1-25(2,3)22-13-11-20(12-14-22)19-26-15-17-27(18-16-26)30(28,29)24-10-6-8-21-7-4-5-9-23(21)24/h4-14H,15-19H2,1-3H3. The zero-order valence-electron chi connectivity index (χ0n) is 18.0. The van der Waals surface area contributed by atoms with Crippen LogP contribution in [-0.2, 0) is 22.0 Å². The van der Waals surface area contributed by atoms with Gasteiger partial charge in [0.1, 0.15) is 0 Å². The van der Waals surface area contributed by atoms with Gasteiger partial charge in [-0.2, -0.15) is 4.31 Å². The summed E-state index contributed by atoms with van der Waals surface area (Å²) in [7, 11) is -3.50. The smallest absolute Gasteiger partial charge is 0.243 e. The summed E-state index contributed by atoms with van der Waals surface area (Å²) in [4.78, 5) is 2.74. The molecule has 4 rings (SSSR count). The molecule has 1 aliphatic rings. The van der Waals surface area contributed by atoms with Crippen molar-refractivity contribution >= 4 is 20.8 Å². The van der Waals surface area contributed by atoms with E-state index < -0.39 is 10.0 Å². The summed E-state index contributed by atoms with van der Waals surface area (Å²) in [6, 6.07) is 22.0. The first-order valence-corrected chi connectivity index (χ1v) is 12.0. The van der Waals surface area contributed by atoms with E-state index in [1.165, 1.54) is 11.1 Å². The van der Waals surface area contributed by atoms with Gasteiger partial charge in [-0.05, 0) is 28.0 Å². The third kappa shape index (κ3) is 4.29. The molecule has 1 aliphatic heterocycles. The molecule has 30 heavy (non-hydrogen) atoms. The minimum absolute atomic E-state index is 0.153. The van der Waals surface area contributed by atoms with Gasteiger partial charge < -0.3 is 0 Å². The third-order valence-electron chi connectivity index (χ3n) is 5.92. The van der Waals surface area contributed by atoms with Crippen molar-refractivity contribution in [3.8, 4) is 0 Å². The molecule has 5 heteroatoms. The van der Waals surface area contributed by atoms with Gasteiger partial charge in [-0.15, -0.1) is 0 Å². The summed E-state index contributed by atoms with van der Waals surface area (Å²) in [6.07, 6.45) is 0. The summed E-state index contributed by atoms with van der Waals surface area (Å²) >= 11 is 0. The number of piperazine rings is 1. The second kappa shape index (κ2) is 8.14. The predicted molar refractivity (Wildman–Crippen MR) is 123 cm³/mol. The first kappa shape index (κ1) is 21.0. The van der Waals surface area contributed by atoms with Crippen LogP contribution >= 0.6 is 0 Å². The lowest BCUT2D eigenvalue weighted by Gasteiger charge is -2.34. The van der Waals surface area contributed by atoms with Crippen LogP contribution in [0.1, 0.15) is 31.9 Å². The third-order valence-corrected chi connectivity index (χ3v) is 7.88. The van der Waals surface area contributed by atoms with Gasteiger partial charge in [-0.3, -0.25) is 4.90 Å². The van der Waals surface area contributed by atoms with Crippen LogP contribution in [-0.4, -0.2) is 43.8 Å². The first-order valence-electron chi connectivity index (χ1n) is 10.5. The summed E-state index contributed by atoms with van der Waals surface area (Å²) in [5.74, 6) is 0. The number of nitrogens with zero attached hydrogens (tertiary/aromatic N) is 2. The largest absolute Gasteiger partial charge is 0.296 e. The van der Waals surface area contributed by atoms with Gasteiger partial charge in [-0.1, -0.05) is 81.4 Å². The SMILES string of the molecule is CC(C)(C)c1ccc(CN2CCN(S(=O)(=O)c3cccc4ccccc34)CC2)cc1. The van der Waals surface area contributed by atoms with Gasteiger partial charge in [0, 0.05) is 38.1 Å². The molecule has 0 aliphatic carbocycles. The molecule has 1 fully saturated rings. The van der Waals surface area contributed by atoms with Gasteiger partial charge in [0.15, 0.2) is 0 Å². The van der Waals surface area contributed by atoms with E-state index in [0.29, 0.717) is 18.0 Å². The van der Waals surface area contributed by atoms with Crippen LogP contribution in [0.2, 0.25) is 0 Å². The van der Waals surface area contributed by atoms with Crippen molar-refractivity contribution in [1.29, 1.82) is 0 Å². The number of rotatable bonds is 4. The van der Waals surface area contributed by atoms with Crippen molar-refractivity contribution in [2.45, 2.75) is 37.6 Å². The van der Waals surface area contributed by atoms with Crippen LogP contribution in [0.3, 0.4) is 0 Å². The van der Waals surface area contributed by atoms with Crippen LogP contribution in [0.25, 0.3) is 10.8 Å². The molecule has 0 saturated carbocycles. The summed E-state index contributed by atoms with van der Waals surface area (Å²) in [5, 5.41) is 1.75. The minimum atomic E-state index is -3.50. The molecule has 0 radical (unpaired) electrons. The monoisotopic (exact) mass is 422 g/mol. The molecule has 1 heterocycles. The molecule has 3 aromatic rings. The van der Waals surface area contributed by atoms with E-state index in [9.17, 15) is 8.42 Å². The van der Waals surface area contributed by atoms with E-state index >= 15 is 0 Å². The van der Waals surface area contributed by atoms with Gasteiger partial charge >= 0.3 is 0 Å². The molecule has 0 bridgehead atoms. The van der Waals surface area contributed by atoms with E-state index in [-0.39, 0.29) is 5.41 Å². The Labute approximate surface area is 180 Å². The second-order valence-electron chi connectivity index (χ2n) is 9.10. The molecule has 0 amide bonds. The maximum absolute atomic E-state index is 13.3. The zero-order valence-corrected chi connectivity index (χ0v) is 18.8. The van der Waals surface area contributed by atoms with Crippen molar-refractivity contribution in [3.05, 3.63) is 77.9 Å². The highest BCUT2D eigenvalue weighted by molar-refractivity contribution is 7.89. The number of hydrogen-bond donors (Lipinski definition) is 0. The van der Waals surface area contributed by atoms with Crippen molar-refractivity contribution in [1.82, 2.24) is 9.21 Å². The summed E-state index contributed by atoms with van der Waals surface area (Å²) in [5.41, 5.74) is 2.76. The highest BCUT2D eigenvalue weighted by atomic mass is 32.2. The Kier molecular flexibility index (Phi) is 5.71. The Bertz CT molecular complexity index is 1120. The lowest BCUT2D eigenvalue weighted by Crippen LogP contribution is -2.48. The molecule has 0 aromatic heterocycles. The maximum atomic E-state index is 13.3. The molecular formula is C25H30N2O2S. The normalized spacial score (nSPS) is 16.8. The fourth-order valence-electron chi connectivity index (χ4n) is 4.06. The van der Waals surface area contributed by atoms with Crippen molar-refractivity contribution in [2.75, 3.05) is 26.2 Å². The van der Waals surface area contributed by atoms with Gasteiger partial charge in [-0.25, -0.2) is 8.42 Å². The Hall–Kier alpha value is -2.21. The van der Waals surface area contributed by atoms with Crippen LogP contribution in [0, 0.1) is 0 Å². The predicted octanol–water partition coefficient (Wildman–Crippen LogP) is 4.64. The number of sulfonamides is 1. The fraction of sp³-hybridized carbons (Fsp3) is 0.360. The topological polar surface area (TPSA) is 40.6 Å². The van der Waals surface area contributed by atoms with Gasteiger partial charge in [0.2, 0.25) is 10.0 Å². The van der Waals surface area contributed by atoms with Crippen molar-refractivity contribution in [2.24, 2.45) is 0 Å². The number of hydrogen-bond acceptors (Lipinski definition) is 3. The minimum Gasteiger partial charge on any atom is -0.296 e. The highest BCUT2D eigenvalue weighted by Crippen LogP contribution is 2.27. The van der Waals surface area contributed by atoms with E-state index in [4.69, 9.17) is 0 Å². The molecule has 158 valence electrons. The number of benzene rings is 3. The van der Waals surface area contributed by atoms with E-state index in [0.717, 1.165) is 30.4 Å². The van der Waals surface area contributed by atoms with Crippen LogP contribution < -0.4 is 0 Å². The molecule has 0 atom stereocenters. The van der Waals surface area contributed by atoms with E-state index in [2.05, 4.69) is 49.9 Å². The average molecular weight is 423 g/mol. The molecule has 1 saturated heterocycles. The van der Waals surface area contributed by atoms with E-state index in [1.807, 2.05) is 36.4 Å². The van der Waals surface area contributed by atoms with Crippen molar-refractivity contribution < 1.29 is 8.42 Å². The van der Waals surface area contributed by atoms with Gasteiger partial charge in [0.05, 0.1) is 4.90 Å². The Morgan fingerprint density at radius 3 is 2.10 bits per heavy atom. The zero-order chi connectivity index (χ0) is 21.4. The second-order valence-corrected chi connectivity index (χ2v) is 11.0. The molecule has 3 aromatic carbocycles. The van der Waals surface area contributed by atoms with Gasteiger partial charge in [0.25, 0.3) is 0 Å². The molecule has 0 unspecified atom stereocenters.